The number of carboxylic acids is 1. The van der Waals surface area contributed by atoms with Crippen LogP contribution in [0.15, 0.2) is 58.6 Å². The van der Waals surface area contributed by atoms with Gasteiger partial charge in [-0.3, -0.25) is 25.2 Å². The monoisotopic (exact) mass is 608 g/mol. The lowest BCUT2D eigenvalue weighted by Gasteiger charge is -2.33. The summed E-state index contributed by atoms with van der Waals surface area (Å²) in [6.45, 7) is 0. The molecule has 1 fully saturated rings. The van der Waals surface area contributed by atoms with E-state index in [1.165, 1.54) is 0 Å². The van der Waals surface area contributed by atoms with E-state index in [0.29, 0.717) is 22.6 Å². The van der Waals surface area contributed by atoms with E-state index in [-0.39, 0.29) is 10.1 Å². The standard InChI is InChI=1S/C23H14Cl6N2O5/c24-16-17(25)22(27)15(20(34)35)14(21(16,26)23(22,28)29)19(33)31-30-18(32)13-9-5-1-3-7-11(9)36-12-8-4-2-6-10(12)13/h1-8,13-15H,(H,30,32)(H,31,33)(H,34,35)/t14-,15+,21+,22+/m0/s1. The van der Waals surface area contributed by atoms with E-state index in [9.17, 15) is 19.5 Å². The van der Waals surface area contributed by atoms with Crippen LogP contribution in [-0.2, 0) is 14.4 Å². The fourth-order valence-corrected chi connectivity index (χ4v) is 8.03. The fourth-order valence-electron chi connectivity index (χ4n) is 5.09. The summed E-state index contributed by atoms with van der Waals surface area (Å²) in [6, 6.07) is 13.9. The molecule has 5 rings (SSSR count). The number of hydrogen-bond donors (Lipinski definition) is 3. The summed E-state index contributed by atoms with van der Waals surface area (Å²) in [6.07, 6.45) is 0. The van der Waals surface area contributed by atoms with Crippen molar-refractivity contribution in [2.45, 2.75) is 20.0 Å². The van der Waals surface area contributed by atoms with Crippen LogP contribution in [-0.4, -0.2) is 37.0 Å². The number of alkyl halides is 4. The molecule has 1 heterocycles. The number of amides is 2. The van der Waals surface area contributed by atoms with Crippen molar-refractivity contribution in [2.24, 2.45) is 11.8 Å². The minimum atomic E-state index is -2.26. The minimum absolute atomic E-state index is 0.345. The summed E-state index contributed by atoms with van der Waals surface area (Å²) >= 11 is 38.5. The Balaban J connectivity index is 1.45. The first-order chi connectivity index (χ1) is 16.9. The maximum absolute atomic E-state index is 13.3. The number of ether oxygens (including phenoxy) is 1. The Morgan fingerprint density at radius 1 is 0.750 bits per heavy atom. The van der Waals surface area contributed by atoms with Crippen molar-refractivity contribution < 1.29 is 24.2 Å². The molecule has 2 aromatic rings. The summed E-state index contributed by atoms with van der Waals surface area (Å²) in [4.78, 5) is 34.5. The zero-order valence-electron chi connectivity index (χ0n) is 17.7. The van der Waals surface area contributed by atoms with Gasteiger partial charge >= 0.3 is 5.97 Å². The maximum Gasteiger partial charge on any atom is 0.309 e. The van der Waals surface area contributed by atoms with Gasteiger partial charge in [0.05, 0.1) is 27.8 Å². The fraction of sp³-hybridized carbons (Fsp3) is 0.261. The van der Waals surface area contributed by atoms with Gasteiger partial charge in [-0.05, 0) is 12.1 Å². The first kappa shape index (κ1) is 25.8. The number of allylic oxidation sites excluding steroid dienone is 2. The number of fused-ring (bicyclic) bond motifs is 4. The number of hydrazine groups is 1. The second-order valence-corrected chi connectivity index (χ2v) is 11.8. The topological polar surface area (TPSA) is 105 Å². The Bertz CT molecular complexity index is 1320. The number of rotatable bonds is 3. The SMILES string of the molecule is O=C(NNC(=O)[C@@H]1[C@H](C(=O)O)[C@@]2(Cl)C(Cl)=C(Cl)[C@@]1(Cl)C2(Cl)Cl)C1c2ccccc2Oc2ccccc21. The van der Waals surface area contributed by atoms with Gasteiger partial charge in [-0.2, -0.15) is 0 Å². The summed E-state index contributed by atoms with van der Waals surface area (Å²) in [5.41, 5.74) is 5.72. The number of para-hydroxylation sites is 2. The zero-order chi connectivity index (χ0) is 26.2. The third-order valence-corrected chi connectivity index (χ3v) is 11.0. The van der Waals surface area contributed by atoms with Crippen molar-refractivity contribution in [3.63, 3.8) is 0 Å². The smallest absolute Gasteiger partial charge is 0.309 e. The Labute approximate surface area is 234 Å². The molecule has 36 heavy (non-hydrogen) atoms. The number of carbonyl (C=O) groups excluding carboxylic acids is 2. The predicted molar refractivity (Wildman–Crippen MR) is 136 cm³/mol. The number of carbonyl (C=O) groups is 3. The van der Waals surface area contributed by atoms with Crippen LogP contribution in [0.1, 0.15) is 17.0 Å². The molecule has 3 aliphatic rings. The van der Waals surface area contributed by atoms with Crippen molar-refractivity contribution in [1.29, 1.82) is 0 Å². The molecular weight excluding hydrogens is 597 g/mol. The van der Waals surface area contributed by atoms with Crippen molar-refractivity contribution in [3.8, 4) is 11.5 Å². The highest BCUT2D eigenvalue weighted by atomic mass is 35.5. The number of halogens is 6. The molecular formula is C23H14Cl6N2O5. The molecule has 13 heteroatoms. The Kier molecular flexibility index (Phi) is 6.14. The molecule has 2 amide bonds. The second-order valence-electron chi connectivity index (χ2n) is 8.51. The summed E-state index contributed by atoms with van der Waals surface area (Å²) in [5, 5.41) is 9.20. The molecule has 0 aromatic heterocycles. The molecule has 1 saturated carbocycles. The first-order valence-electron chi connectivity index (χ1n) is 10.4. The van der Waals surface area contributed by atoms with Crippen LogP contribution in [0.4, 0.5) is 0 Å². The number of aliphatic carboxylic acids is 1. The van der Waals surface area contributed by atoms with E-state index in [1.807, 2.05) is 0 Å². The lowest BCUT2D eigenvalue weighted by Crippen LogP contribution is -2.54. The van der Waals surface area contributed by atoms with Gasteiger partial charge in [0.1, 0.15) is 21.2 Å². The lowest BCUT2D eigenvalue weighted by atomic mass is 9.81. The van der Waals surface area contributed by atoms with E-state index in [4.69, 9.17) is 74.3 Å². The van der Waals surface area contributed by atoms with E-state index >= 15 is 0 Å². The van der Waals surface area contributed by atoms with Crippen LogP contribution in [0.5, 0.6) is 11.5 Å². The lowest BCUT2D eigenvalue weighted by molar-refractivity contribution is -0.147. The van der Waals surface area contributed by atoms with Crippen LogP contribution in [0.25, 0.3) is 0 Å². The van der Waals surface area contributed by atoms with Gasteiger partial charge in [0.15, 0.2) is 4.33 Å². The predicted octanol–water partition coefficient (Wildman–Crippen LogP) is 5.23. The molecule has 0 unspecified atom stereocenters. The average molecular weight is 611 g/mol. The quantitative estimate of drug-likeness (QED) is 0.326. The van der Waals surface area contributed by atoms with Gasteiger partial charge in [0.25, 0.3) is 5.91 Å². The van der Waals surface area contributed by atoms with Gasteiger partial charge in [0, 0.05) is 11.1 Å². The third-order valence-electron chi connectivity index (χ3n) is 6.74. The van der Waals surface area contributed by atoms with E-state index in [2.05, 4.69) is 10.9 Å². The molecule has 2 bridgehead atoms. The molecule has 7 nitrogen and oxygen atoms in total. The van der Waals surface area contributed by atoms with Crippen LogP contribution >= 0.6 is 69.6 Å². The highest BCUT2D eigenvalue weighted by Gasteiger charge is 2.85. The van der Waals surface area contributed by atoms with E-state index in [1.54, 1.807) is 48.5 Å². The van der Waals surface area contributed by atoms with Crippen molar-refractivity contribution in [2.75, 3.05) is 0 Å². The normalized spacial score (nSPS) is 29.7. The van der Waals surface area contributed by atoms with Crippen LogP contribution in [0.3, 0.4) is 0 Å². The Hall–Kier alpha value is -1.87. The highest BCUT2D eigenvalue weighted by Crippen LogP contribution is 2.76. The van der Waals surface area contributed by atoms with E-state index in [0.717, 1.165) is 0 Å². The molecule has 3 N–H and O–H groups in total. The molecule has 188 valence electrons. The summed E-state index contributed by atoms with van der Waals surface area (Å²) in [5.74, 6) is -6.50. The van der Waals surface area contributed by atoms with Gasteiger partial charge in [-0.25, -0.2) is 0 Å². The van der Waals surface area contributed by atoms with Crippen LogP contribution < -0.4 is 15.6 Å². The average Bonchev–Trinajstić information content (AvgIpc) is 3.06. The van der Waals surface area contributed by atoms with Gasteiger partial charge in [0.2, 0.25) is 5.91 Å². The number of benzene rings is 2. The highest BCUT2D eigenvalue weighted by molar-refractivity contribution is 6.66. The summed E-state index contributed by atoms with van der Waals surface area (Å²) in [7, 11) is 0. The van der Waals surface area contributed by atoms with Gasteiger partial charge in [-0.15, -0.1) is 23.2 Å². The molecule has 0 radical (unpaired) electrons. The van der Waals surface area contributed by atoms with Gasteiger partial charge in [-0.1, -0.05) is 82.8 Å². The molecule has 2 aliphatic carbocycles. The molecule has 1 aliphatic heterocycles. The number of carboxylic acid groups (broad SMARTS) is 1. The minimum Gasteiger partial charge on any atom is -0.481 e. The number of nitrogens with one attached hydrogen (secondary N) is 2. The molecule has 0 saturated heterocycles. The summed E-state index contributed by atoms with van der Waals surface area (Å²) < 4.78 is 3.62. The first-order valence-corrected chi connectivity index (χ1v) is 12.7. The number of hydrogen-bond acceptors (Lipinski definition) is 4. The largest absolute Gasteiger partial charge is 0.481 e. The third kappa shape index (κ3) is 3.17. The maximum atomic E-state index is 13.3. The molecule has 4 atom stereocenters. The Morgan fingerprint density at radius 2 is 1.19 bits per heavy atom. The Morgan fingerprint density at radius 3 is 1.69 bits per heavy atom. The van der Waals surface area contributed by atoms with Crippen molar-refractivity contribution in [3.05, 3.63) is 69.7 Å². The zero-order valence-corrected chi connectivity index (χ0v) is 22.2. The molecule has 0 spiro atoms. The van der Waals surface area contributed by atoms with Crippen molar-refractivity contribution >= 4 is 87.4 Å². The molecule has 2 aromatic carbocycles. The van der Waals surface area contributed by atoms with Crippen molar-refractivity contribution in [1.82, 2.24) is 10.9 Å². The van der Waals surface area contributed by atoms with Crippen LogP contribution in [0.2, 0.25) is 0 Å². The van der Waals surface area contributed by atoms with Gasteiger partial charge < -0.3 is 9.84 Å². The van der Waals surface area contributed by atoms with Crippen LogP contribution in [0, 0.1) is 11.8 Å². The second kappa shape index (κ2) is 8.58. The van der Waals surface area contributed by atoms with E-state index < -0.39 is 49.6 Å².